The van der Waals surface area contributed by atoms with Crippen molar-refractivity contribution in [2.24, 2.45) is 0 Å². The summed E-state index contributed by atoms with van der Waals surface area (Å²) in [7, 11) is 0. The van der Waals surface area contributed by atoms with Gasteiger partial charge in [-0.05, 0) is 42.7 Å². The van der Waals surface area contributed by atoms with E-state index in [4.69, 9.17) is 0 Å². The van der Waals surface area contributed by atoms with Crippen molar-refractivity contribution < 1.29 is 9.59 Å². The van der Waals surface area contributed by atoms with Crippen LogP contribution in [0.4, 0.5) is 5.69 Å². The van der Waals surface area contributed by atoms with Crippen LogP contribution in [0.25, 0.3) is 11.4 Å². The molecule has 6 nitrogen and oxygen atoms in total. The highest BCUT2D eigenvalue weighted by molar-refractivity contribution is 5.98. The van der Waals surface area contributed by atoms with Crippen LogP contribution < -0.4 is 5.32 Å². The summed E-state index contributed by atoms with van der Waals surface area (Å²) in [6.45, 7) is 0.600. The standard InChI is InChI=1S/C22H22N4O2/c27-19-8-4-5-15-26(19)20(16-6-2-1-3-7-16)22(28)25-18-11-9-17(10-12-18)21-23-13-14-24-21/h1-3,6-7,9-14,20H,4-5,8,15H2,(H,23,24)(H,25,28). The number of H-pyrrole nitrogens is 1. The lowest BCUT2D eigenvalue weighted by molar-refractivity contribution is -0.141. The van der Waals surface area contributed by atoms with Gasteiger partial charge in [0.15, 0.2) is 0 Å². The summed E-state index contributed by atoms with van der Waals surface area (Å²) in [6.07, 6.45) is 5.76. The van der Waals surface area contributed by atoms with E-state index < -0.39 is 6.04 Å². The van der Waals surface area contributed by atoms with E-state index in [1.165, 1.54) is 0 Å². The van der Waals surface area contributed by atoms with Crippen LogP contribution in [-0.4, -0.2) is 33.2 Å². The van der Waals surface area contributed by atoms with Gasteiger partial charge in [-0.3, -0.25) is 9.59 Å². The Kier molecular flexibility index (Phi) is 5.19. The second-order valence-corrected chi connectivity index (χ2v) is 6.86. The van der Waals surface area contributed by atoms with Crippen molar-refractivity contribution in [2.45, 2.75) is 25.3 Å². The van der Waals surface area contributed by atoms with Gasteiger partial charge < -0.3 is 15.2 Å². The molecule has 4 rings (SSSR count). The molecular weight excluding hydrogens is 352 g/mol. The second kappa shape index (κ2) is 8.08. The first kappa shape index (κ1) is 18.0. The molecule has 2 aromatic carbocycles. The Morgan fingerprint density at radius 1 is 1.07 bits per heavy atom. The van der Waals surface area contributed by atoms with E-state index in [9.17, 15) is 9.59 Å². The Hall–Kier alpha value is -3.41. The Balaban J connectivity index is 1.56. The highest BCUT2D eigenvalue weighted by atomic mass is 16.2. The van der Waals surface area contributed by atoms with Gasteiger partial charge in [-0.25, -0.2) is 4.98 Å². The molecule has 1 unspecified atom stereocenters. The number of carbonyl (C=O) groups excluding carboxylic acids is 2. The zero-order valence-electron chi connectivity index (χ0n) is 15.5. The van der Waals surface area contributed by atoms with E-state index in [0.717, 1.165) is 29.8 Å². The summed E-state index contributed by atoms with van der Waals surface area (Å²) in [4.78, 5) is 34.6. The topological polar surface area (TPSA) is 78.1 Å². The van der Waals surface area contributed by atoms with E-state index in [2.05, 4.69) is 15.3 Å². The normalized spacial score (nSPS) is 15.3. The van der Waals surface area contributed by atoms with Gasteiger partial charge in [0, 0.05) is 36.6 Å². The number of piperidine rings is 1. The predicted molar refractivity (Wildman–Crippen MR) is 107 cm³/mol. The molecule has 0 bridgehead atoms. The SMILES string of the molecule is O=C(Nc1ccc(-c2ncc[nH]2)cc1)C(c1ccccc1)N1CCCCC1=O. The van der Waals surface area contributed by atoms with Gasteiger partial charge in [0.1, 0.15) is 11.9 Å². The number of imidazole rings is 1. The summed E-state index contributed by atoms with van der Waals surface area (Å²) in [5, 5.41) is 2.97. The van der Waals surface area contributed by atoms with Gasteiger partial charge in [-0.15, -0.1) is 0 Å². The molecule has 2 heterocycles. The van der Waals surface area contributed by atoms with Crippen LogP contribution in [-0.2, 0) is 9.59 Å². The molecule has 0 aliphatic carbocycles. The molecule has 2 amide bonds. The third kappa shape index (κ3) is 3.81. The van der Waals surface area contributed by atoms with Crippen LogP contribution in [0.2, 0.25) is 0 Å². The Morgan fingerprint density at radius 3 is 2.54 bits per heavy atom. The molecule has 1 aromatic heterocycles. The molecule has 2 N–H and O–H groups in total. The minimum absolute atomic E-state index is 0.0309. The Bertz CT molecular complexity index is 936. The summed E-state index contributed by atoms with van der Waals surface area (Å²) < 4.78 is 0. The van der Waals surface area contributed by atoms with Crippen molar-refractivity contribution >= 4 is 17.5 Å². The van der Waals surface area contributed by atoms with E-state index in [1.807, 2.05) is 54.6 Å². The largest absolute Gasteiger partial charge is 0.345 e. The molecule has 1 aliphatic heterocycles. The van der Waals surface area contributed by atoms with E-state index in [0.29, 0.717) is 18.7 Å². The van der Waals surface area contributed by atoms with Crippen LogP contribution in [0.5, 0.6) is 0 Å². The molecule has 28 heavy (non-hydrogen) atoms. The number of amides is 2. The maximum absolute atomic E-state index is 13.1. The molecule has 142 valence electrons. The zero-order chi connectivity index (χ0) is 19.3. The molecule has 0 spiro atoms. The smallest absolute Gasteiger partial charge is 0.251 e. The van der Waals surface area contributed by atoms with Crippen LogP contribution in [0.3, 0.4) is 0 Å². The van der Waals surface area contributed by atoms with Crippen molar-refractivity contribution in [1.82, 2.24) is 14.9 Å². The third-order valence-electron chi connectivity index (χ3n) is 4.96. The van der Waals surface area contributed by atoms with Crippen LogP contribution in [0.1, 0.15) is 30.9 Å². The van der Waals surface area contributed by atoms with Crippen molar-refractivity contribution in [3.05, 3.63) is 72.6 Å². The number of carbonyl (C=O) groups is 2. The summed E-state index contributed by atoms with van der Waals surface area (Å²) in [5.74, 6) is 0.606. The van der Waals surface area contributed by atoms with Crippen LogP contribution in [0.15, 0.2) is 67.0 Å². The molecule has 0 radical (unpaired) electrons. The Morgan fingerprint density at radius 2 is 1.86 bits per heavy atom. The number of nitrogens with zero attached hydrogens (tertiary/aromatic N) is 2. The highest BCUT2D eigenvalue weighted by Crippen LogP contribution is 2.27. The van der Waals surface area contributed by atoms with Crippen molar-refractivity contribution in [1.29, 1.82) is 0 Å². The number of anilines is 1. The van der Waals surface area contributed by atoms with Gasteiger partial charge in [0.25, 0.3) is 5.91 Å². The quantitative estimate of drug-likeness (QED) is 0.714. The van der Waals surface area contributed by atoms with E-state index >= 15 is 0 Å². The number of benzene rings is 2. The second-order valence-electron chi connectivity index (χ2n) is 6.86. The molecule has 3 aromatic rings. The fourth-order valence-corrected chi connectivity index (χ4v) is 3.55. The summed E-state index contributed by atoms with van der Waals surface area (Å²) in [5.41, 5.74) is 2.45. The Labute approximate surface area is 163 Å². The molecule has 6 heteroatoms. The summed E-state index contributed by atoms with van der Waals surface area (Å²) in [6, 6.07) is 16.3. The number of rotatable bonds is 5. The number of hydrogen-bond acceptors (Lipinski definition) is 3. The minimum atomic E-state index is -0.626. The van der Waals surface area contributed by atoms with Crippen LogP contribution >= 0.6 is 0 Å². The van der Waals surface area contributed by atoms with Gasteiger partial charge >= 0.3 is 0 Å². The maximum Gasteiger partial charge on any atom is 0.251 e. The van der Waals surface area contributed by atoms with Crippen molar-refractivity contribution in [3.8, 4) is 11.4 Å². The maximum atomic E-state index is 13.1. The zero-order valence-corrected chi connectivity index (χ0v) is 15.5. The number of aromatic amines is 1. The van der Waals surface area contributed by atoms with Gasteiger partial charge in [-0.1, -0.05) is 30.3 Å². The predicted octanol–water partition coefficient (Wildman–Crippen LogP) is 3.77. The average molecular weight is 374 g/mol. The lowest BCUT2D eigenvalue weighted by atomic mass is 10.0. The highest BCUT2D eigenvalue weighted by Gasteiger charge is 2.32. The number of likely N-dealkylation sites (tertiary alicyclic amines) is 1. The fraction of sp³-hybridized carbons (Fsp3) is 0.227. The van der Waals surface area contributed by atoms with Gasteiger partial charge in [0.05, 0.1) is 0 Å². The first-order chi connectivity index (χ1) is 13.7. The van der Waals surface area contributed by atoms with E-state index in [1.54, 1.807) is 17.3 Å². The monoisotopic (exact) mass is 374 g/mol. The van der Waals surface area contributed by atoms with E-state index in [-0.39, 0.29) is 11.8 Å². The molecule has 0 saturated carbocycles. The minimum Gasteiger partial charge on any atom is -0.345 e. The molecule has 1 atom stereocenters. The van der Waals surface area contributed by atoms with Gasteiger partial charge in [0.2, 0.25) is 5.91 Å². The average Bonchev–Trinajstić information content (AvgIpc) is 3.26. The van der Waals surface area contributed by atoms with Gasteiger partial charge in [-0.2, -0.15) is 0 Å². The number of aromatic nitrogens is 2. The number of hydrogen-bond donors (Lipinski definition) is 2. The first-order valence-electron chi connectivity index (χ1n) is 9.47. The van der Waals surface area contributed by atoms with Crippen molar-refractivity contribution in [3.63, 3.8) is 0 Å². The summed E-state index contributed by atoms with van der Waals surface area (Å²) >= 11 is 0. The molecular formula is C22H22N4O2. The van der Waals surface area contributed by atoms with Crippen LogP contribution in [0, 0.1) is 0 Å². The molecule has 1 aliphatic rings. The first-order valence-corrected chi connectivity index (χ1v) is 9.47. The molecule has 1 fully saturated rings. The lowest BCUT2D eigenvalue weighted by Gasteiger charge is -2.34. The fourth-order valence-electron chi connectivity index (χ4n) is 3.55. The third-order valence-corrected chi connectivity index (χ3v) is 4.96. The van der Waals surface area contributed by atoms with Crippen molar-refractivity contribution in [2.75, 3.05) is 11.9 Å². The number of nitrogens with one attached hydrogen (secondary N) is 2. The lowest BCUT2D eigenvalue weighted by Crippen LogP contribution is -2.43. The molecule has 1 saturated heterocycles.